The zero-order valence-corrected chi connectivity index (χ0v) is 14.4. The van der Waals surface area contributed by atoms with Gasteiger partial charge in [0.2, 0.25) is 0 Å². The molecular formula is C15H30N2O4. The summed E-state index contributed by atoms with van der Waals surface area (Å²) in [5.41, 5.74) is -0.599. The Balaban J connectivity index is 4.57. The van der Waals surface area contributed by atoms with E-state index in [0.29, 0.717) is 19.6 Å². The molecule has 0 aromatic rings. The molecular weight excluding hydrogens is 272 g/mol. The van der Waals surface area contributed by atoms with E-state index in [9.17, 15) is 9.59 Å². The van der Waals surface area contributed by atoms with E-state index in [1.807, 2.05) is 32.8 Å². The Kier molecular flexibility index (Phi) is 8.32. The Hall–Kier alpha value is -1.30. The summed E-state index contributed by atoms with van der Waals surface area (Å²) in [6, 6.07) is -0.694. The first kappa shape index (κ1) is 19.7. The molecule has 0 aromatic carbocycles. The van der Waals surface area contributed by atoms with Crippen LogP contribution in [-0.4, -0.2) is 55.9 Å². The summed E-state index contributed by atoms with van der Waals surface area (Å²) in [6.07, 6.45) is -0.129. The summed E-state index contributed by atoms with van der Waals surface area (Å²) in [5.74, 6) is -0.165. The smallest absolute Gasteiger partial charge is 0.408 e. The minimum absolute atomic E-state index is 0.255. The molecule has 0 bridgehead atoms. The van der Waals surface area contributed by atoms with Gasteiger partial charge in [-0.25, -0.2) is 9.59 Å². The number of alkyl carbamates (subject to hydrolysis) is 1. The highest BCUT2D eigenvalue weighted by molar-refractivity contribution is 5.81. The quantitative estimate of drug-likeness (QED) is 0.729. The maximum Gasteiger partial charge on any atom is 0.408 e. The molecule has 0 aliphatic carbocycles. The number of ether oxygens (including phenoxy) is 2. The van der Waals surface area contributed by atoms with Gasteiger partial charge in [0.15, 0.2) is 0 Å². The topological polar surface area (TPSA) is 67.9 Å². The molecule has 0 spiro atoms. The standard InChI is InChI=1S/C15H30N2O4/c1-11(2)10-20-13(18)12(8-9-17(6)7)16-14(19)21-15(3,4)5/h11-12H,8-10H2,1-7H3,(H,16,19). The molecule has 0 saturated heterocycles. The Morgan fingerprint density at radius 3 is 2.19 bits per heavy atom. The number of rotatable bonds is 7. The van der Waals surface area contributed by atoms with Crippen molar-refractivity contribution in [3.05, 3.63) is 0 Å². The number of carbonyl (C=O) groups excluding carboxylic acids is 2. The minimum Gasteiger partial charge on any atom is -0.464 e. The molecule has 0 aliphatic rings. The van der Waals surface area contributed by atoms with Crippen LogP contribution in [0.5, 0.6) is 0 Å². The Morgan fingerprint density at radius 1 is 1.19 bits per heavy atom. The predicted molar refractivity (Wildman–Crippen MR) is 82.1 cm³/mol. The molecule has 0 fully saturated rings. The summed E-state index contributed by atoms with van der Waals surface area (Å²) in [7, 11) is 3.81. The molecule has 1 N–H and O–H groups in total. The van der Waals surface area contributed by atoms with E-state index >= 15 is 0 Å². The summed E-state index contributed by atoms with van der Waals surface area (Å²) in [4.78, 5) is 25.8. The second-order valence-electron chi connectivity index (χ2n) is 6.81. The predicted octanol–water partition coefficient (Wildman–Crippen LogP) is 2.03. The highest BCUT2D eigenvalue weighted by Crippen LogP contribution is 2.08. The normalized spacial score (nSPS) is 13.2. The first-order valence-corrected chi connectivity index (χ1v) is 7.32. The monoisotopic (exact) mass is 302 g/mol. The Bertz CT molecular complexity index is 335. The van der Waals surface area contributed by atoms with Crippen molar-refractivity contribution in [3.63, 3.8) is 0 Å². The van der Waals surface area contributed by atoms with Crippen LogP contribution in [-0.2, 0) is 14.3 Å². The Morgan fingerprint density at radius 2 is 1.76 bits per heavy atom. The molecule has 0 radical (unpaired) electrons. The van der Waals surface area contributed by atoms with E-state index in [1.165, 1.54) is 0 Å². The van der Waals surface area contributed by atoms with E-state index in [2.05, 4.69) is 5.32 Å². The lowest BCUT2D eigenvalue weighted by Gasteiger charge is -2.24. The van der Waals surface area contributed by atoms with Gasteiger partial charge in [-0.3, -0.25) is 0 Å². The number of esters is 1. The fraction of sp³-hybridized carbons (Fsp3) is 0.867. The van der Waals surface area contributed by atoms with E-state index in [0.717, 1.165) is 0 Å². The molecule has 124 valence electrons. The van der Waals surface area contributed by atoms with Gasteiger partial charge >= 0.3 is 12.1 Å². The molecule has 0 heterocycles. The van der Waals surface area contributed by atoms with Crippen molar-refractivity contribution in [2.75, 3.05) is 27.2 Å². The van der Waals surface area contributed by atoms with Crippen LogP contribution in [0, 0.1) is 5.92 Å². The molecule has 0 aliphatic heterocycles. The third-order valence-corrected chi connectivity index (χ3v) is 2.40. The number of nitrogens with zero attached hydrogens (tertiary/aromatic N) is 1. The van der Waals surface area contributed by atoms with Crippen molar-refractivity contribution >= 4 is 12.1 Å². The maximum absolute atomic E-state index is 12.1. The Labute approximate surface area is 128 Å². The largest absolute Gasteiger partial charge is 0.464 e. The maximum atomic E-state index is 12.1. The first-order valence-electron chi connectivity index (χ1n) is 7.32. The molecule has 6 nitrogen and oxygen atoms in total. The van der Waals surface area contributed by atoms with Crippen molar-refractivity contribution in [1.29, 1.82) is 0 Å². The lowest BCUT2D eigenvalue weighted by molar-refractivity contribution is -0.147. The molecule has 1 unspecified atom stereocenters. The van der Waals surface area contributed by atoms with Crippen LogP contribution in [0.2, 0.25) is 0 Å². The van der Waals surface area contributed by atoms with Crippen molar-refractivity contribution < 1.29 is 19.1 Å². The van der Waals surface area contributed by atoms with Gasteiger partial charge in [0.25, 0.3) is 0 Å². The third-order valence-electron chi connectivity index (χ3n) is 2.40. The van der Waals surface area contributed by atoms with Crippen LogP contribution in [0.1, 0.15) is 41.0 Å². The number of hydrogen-bond donors (Lipinski definition) is 1. The van der Waals surface area contributed by atoms with E-state index in [-0.39, 0.29) is 5.92 Å². The van der Waals surface area contributed by atoms with Gasteiger partial charge in [-0.2, -0.15) is 0 Å². The lowest BCUT2D eigenvalue weighted by Crippen LogP contribution is -2.45. The fourth-order valence-electron chi connectivity index (χ4n) is 1.44. The van der Waals surface area contributed by atoms with Gasteiger partial charge in [-0.1, -0.05) is 13.8 Å². The summed E-state index contributed by atoms with van der Waals surface area (Å²) in [5, 5.41) is 2.59. The molecule has 0 rings (SSSR count). The van der Waals surface area contributed by atoms with Crippen molar-refractivity contribution in [2.45, 2.75) is 52.7 Å². The summed E-state index contributed by atoms with van der Waals surface area (Å²) >= 11 is 0. The second kappa shape index (κ2) is 8.87. The molecule has 21 heavy (non-hydrogen) atoms. The molecule has 6 heteroatoms. The molecule has 0 saturated carbocycles. The van der Waals surface area contributed by atoms with Gasteiger partial charge < -0.3 is 19.7 Å². The van der Waals surface area contributed by atoms with Gasteiger partial charge in [0.1, 0.15) is 11.6 Å². The van der Waals surface area contributed by atoms with E-state index in [1.54, 1.807) is 20.8 Å². The van der Waals surface area contributed by atoms with E-state index in [4.69, 9.17) is 9.47 Å². The van der Waals surface area contributed by atoms with Gasteiger partial charge in [-0.05, 0) is 47.2 Å². The molecule has 0 aromatic heterocycles. The number of amides is 1. The second-order valence-corrected chi connectivity index (χ2v) is 6.81. The minimum atomic E-state index is -0.694. The zero-order chi connectivity index (χ0) is 16.6. The van der Waals surface area contributed by atoms with Crippen LogP contribution in [0.3, 0.4) is 0 Å². The molecule has 1 amide bonds. The molecule has 1 atom stereocenters. The highest BCUT2D eigenvalue weighted by atomic mass is 16.6. The zero-order valence-electron chi connectivity index (χ0n) is 14.4. The fourth-order valence-corrected chi connectivity index (χ4v) is 1.44. The van der Waals surface area contributed by atoms with Gasteiger partial charge in [-0.15, -0.1) is 0 Å². The van der Waals surface area contributed by atoms with Gasteiger partial charge in [0, 0.05) is 6.54 Å². The summed E-state index contributed by atoms with van der Waals surface area (Å²) < 4.78 is 10.4. The summed E-state index contributed by atoms with van der Waals surface area (Å²) in [6.45, 7) is 10.3. The van der Waals surface area contributed by atoms with Crippen LogP contribution in [0.4, 0.5) is 4.79 Å². The van der Waals surface area contributed by atoms with Crippen molar-refractivity contribution in [3.8, 4) is 0 Å². The van der Waals surface area contributed by atoms with Crippen molar-refractivity contribution in [1.82, 2.24) is 10.2 Å². The van der Waals surface area contributed by atoms with Crippen LogP contribution < -0.4 is 5.32 Å². The average molecular weight is 302 g/mol. The van der Waals surface area contributed by atoms with Crippen LogP contribution in [0.25, 0.3) is 0 Å². The van der Waals surface area contributed by atoms with Crippen molar-refractivity contribution in [2.24, 2.45) is 5.92 Å². The SMILES string of the molecule is CC(C)COC(=O)C(CCN(C)C)NC(=O)OC(C)(C)C. The number of hydrogen-bond acceptors (Lipinski definition) is 5. The lowest BCUT2D eigenvalue weighted by atomic mass is 10.2. The number of nitrogens with one attached hydrogen (secondary N) is 1. The highest BCUT2D eigenvalue weighted by Gasteiger charge is 2.25. The van der Waals surface area contributed by atoms with Crippen LogP contribution >= 0.6 is 0 Å². The van der Waals surface area contributed by atoms with Crippen LogP contribution in [0.15, 0.2) is 0 Å². The van der Waals surface area contributed by atoms with Gasteiger partial charge in [0.05, 0.1) is 6.61 Å². The third kappa shape index (κ3) is 11.1. The average Bonchev–Trinajstić information content (AvgIpc) is 2.28. The number of carbonyl (C=O) groups is 2. The first-order chi connectivity index (χ1) is 9.51. The van der Waals surface area contributed by atoms with E-state index < -0.39 is 23.7 Å².